The summed E-state index contributed by atoms with van der Waals surface area (Å²) in [5.74, 6) is 2.18. The van der Waals surface area contributed by atoms with Gasteiger partial charge in [0.25, 0.3) is 0 Å². The van der Waals surface area contributed by atoms with Gasteiger partial charge in [-0.3, -0.25) is 0 Å². The fraction of sp³-hybridized carbons (Fsp3) is 0.238. The summed E-state index contributed by atoms with van der Waals surface area (Å²) in [6.45, 7) is 2.11. The van der Waals surface area contributed by atoms with Crippen LogP contribution in [0.5, 0.6) is 0 Å². The van der Waals surface area contributed by atoms with Gasteiger partial charge < -0.3 is 4.90 Å². The van der Waals surface area contributed by atoms with E-state index in [4.69, 9.17) is 0 Å². The van der Waals surface area contributed by atoms with E-state index in [1.807, 2.05) is 48.5 Å². The molecule has 0 atom stereocenters. The molecule has 1 heterocycles. The van der Waals surface area contributed by atoms with Crippen LogP contribution in [0.3, 0.4) is 0 Å². The Kier molecular flexibility index (Phi) is 5.08. The van der Waals surface area contributed by atoms with Crippen molar-refractivity contribution in [2.75, 3.05) is 13.1 Å². The molecule has 2 aromatic rings. The normalized spacial score (nSPS) is 15.1. The van der Waals surface area contributed by atoms with Gasteiger partial charge in [0.2, 0.25) is 0 Å². The first kappa shape index (κ1) is 15.3. The van der Waals surface area contributed by atoms with Crippen LogP contribution in [-0.2, 0) is 4.79 Å². The maximum Gasteiger partial charge on any atom is 0.133 e. The average Bonchev–Trinajstić information content (AvgIpc) is 2.64. The Bertz CT molecular complexity index is 706. The number of piperidine rings is 1. The number of benzene rings is 2. The van der Waals surface area contributed by atoms with Crippen LogP contribution in [0.1, 0.15) is 30.4 Å². The molecular formula is C21H21NO. The summed E-state index contributed by atoms with van der Waals surface area (Å²) >= 11 is 0. The monoisotopic (exact) mass is 303 g/mol. The molecular weight excluding hydrogens is 282 g/mol. The van der Waals surface area contributed by atoms with Crippen LogP contribution >= 0.6 is 0 Å². The zero-order valence-electron chi connectivity index (χ0n) is 13.2. The smallest absolute Gasteiger partial charge is 0.133 e. The first-order valence-corrected chi connectivity index (χ1v) is 8.20. The Morgan fingerprint density at radius 1 is 0.826 bits per heavy atom. The maximum atomic E-state index is 11.7. The fourth-order valence-electron chi connectivity index (χ4n) is 3.01. The molecule has 1 saturated heterocycles. The molecule has 0 bridgehead atoms. The van der Waals surface area contributed by atoms with E-state index >= 15 is 0 Å². The summed E-state index contributed by atoms with van der Waals surface area (Å²) < 4.78 is 0. The molecule has 3 rings (SSSR count). The highest BCUT2D eigenvalue weighted by Gasteiger charge is 2.15. The van der Waals surface area contributed by atoms with Crippen molar-refractivity contribution in [3.05, 3.63) is 78.0 Å². The van der Waals surface area contributed by atoms with Crippen LogP contribution in [0.2, 0.25) is 0 Å². The van der Waals surface area contributed by atoms with Crippen LogP contribution < -0.4 is 0 Å². The lowest BCUT2D eigenvalue weighted by atomic mass is 9.94. The van der Waals surface area contributed by atoms with Crippen molar-refractivity contribution in [2.45, 2.75) is 19.3 Å². The molecule has 1 fully saturated rings. The van der Waals surface area contributed by atoms with Crippen molar-refractivity contribution in [3.63, 3.8) is 0 Å². The highest BCUT2D eigenvalue weighted by molar-refractivity contribution is 6.14. The molecule has 0 radical (unpaired) electrons. The number of hydrogen-bond acceptors (Lipinski definition) is 2. The zero-order valence-corrected chi connectivity index (χ0v) is 13.2. The van der Waals surface area contributed by atoms with Crippen LogP contribution in [0, 0.1) is 0 Å². The van der Waals surface area contributed by atoms with Gasteiger partial charge in [-0.1, -0.05) is 60.7 Å². The molecule has 0 N–H and O–H groups in total. The van der Waals surface area contributed by atoms with Gasteiger partial charge >= 0.3 is 0 Å². The van der Waals surface area contributed by atoms with Crippen molar-refractivity contribution in [3.8, 4) is 0 Å². The van der Waals surface area contributed by atoms with E-state index in [0.29, 0.717) is 5.57 Å². The number of rotatable bonds is 4. The average molecular weight is 303 g/mol. The quantitative estimate of drug-likeness (QED) is 0.615. The third kappa shape index (κ3) is 3.80. The van der Waals surface area contributed by atoms with Gasteiger partial charge in [-0.2, -0.15) is 0 Å². The number of hydrogen-bond donors (Lipinski definition) is 0. The molecule has 23 heavy (non-hydrogen) atoms. The van der Waals surface area contributed by atoms with E-state index in [9.17, 15) is 4.79 Å². The van der Waals surface area contributed by atoms with E-state index in [1.54, 1.807) is 0 Å². The van der Waals surface area contributed by atoms with Crippen molar-refractivity contribution < 1.29 is 4.79 Å². The molecule has 0 saturated carbocycles. The molecule has 1 aliphatic heterocycles. The lowest BCUT2D eigenvalue weighted by molar-refractivity contribution is 0.310. The second-order valence-electron chi connectivity index (χ2n) is 5.85. The fourth-order valence-corrected chi connectivity index (χ4v) is 3.01. The number of nitrogens with zero attached hydrogens (tertiary/aromatic N) is 1. The lowest BCUT2D eigenvalue weighted by Gasteiger charge is -2.26. The highest BCUT2D eigenvalue weighted by atomic mass is 16.1. The predicted molar refractivity (Wildman–Crippen MR) is 95.4 cm³/mol. The molecule has 0 aromatic heterocycles. The van der Waals surface area contributed by atoms with Gasteiger partial charge in [0.15, 0.2) is 0 Å². The van der Waals surface area contributed by atoms with Crippen LogP contribution in [0.4, 0.5) is 0 Å². The van der Waals surface area contributed by atoms with Crippen LogP contribution in [-0.4, -0.2) is 23.9 Å². The van der Waals surface area contributed by atoms with Gasteiger partial charge in [-0.25, -0.2) is 4.79 Å². The first-order chi connectivity index (χ1) is 11.4. The Morgan fingerprint density at radius 3 is 1.96 bits per heavy atom. The second kappa shape index (κ2) is 7.62. The van der Waals surface area contributed by atoms with Crippen molar-refractivity contribution >= 4 is 17.1 Å². The van der Waals surface area contributed by atoms with Crippen molar-refractivity contribution in [1.29, 1.82) is 0 Å². The Labute approximate surface area is 137 Å². The molecule has 1 aliphatic rings. The van der Waals surface area contributed by atoms with Gasteiger partial charge in [0.05, 0.1) is 5.57 Å². The van der Waals surface area contributed by atoms with E-state index in [1.165, 1.54) is 19.3 Å². The lowest BCUT2D eigenvalue weighted by Crippen LogP contribution is -2.24. The zero-order chi connectivity index (χ0) is 15.9. The molecule has 2 nitrogen and oxygen atoms in total. The van der Waals surface area contributed by atoms with E-state index in [0.717, 1.165) is 29.8 Å². The first-order valence-electron chi connectivity index (χ1n) is 8.20. The molecule has 0 spiro atoms. The Balaban J connectivity index is 2.04. The van der Waals surface area contributed by atoms with Gasteiger partial charge in [-0.05, 0) is 30.4 Å². The second-order valence-corrected chi connectivity index (χ2v) is 5.85. The Hall–Kier alpha value is -2.57. The van der Waals surface area contributed by atoms with E-state index < -0.39 is 0 Å². The molecule has 0 unspecified atom stereocenters. The topological polar surface area (TPSA) is 20.3 Å². The molecule has 0 amide bonds. The highest BCUT2D eigenvalue weighted by Crippen LogP contribution is 2.30. The van der Waals surface area contributed by atoms with E-state index in [2.05, 4.69) is 29.2 Å². The Morgan fingerprint density at radius 2 is 1.39 bits per heavy atom. The summed E-state index contributed by atoms with van der Waals surface area (Å²) in [5.41, 5.74) is 3.55. The van der Waals surface area contributed by atoms with Gasteiger partial charge in [-0.15, -0.1) is 0 Å². The third-order valence-corrected chi connectivity index (χ3v) is 4.22. The molecule has 2 aromatic carbocycles. The standard InChI is InChI=1S/C21H21NO/c23-17-21(19-12-6-2-7-13-19)20(18-10-4-1-5-11-18)16-22-14-8-3-9-15-22/h1-2,4-7,10-13,16H,3,8-9,14-15H2/b20-16-. The minimum absolute atomic E-state index is 0.627. The summed E-state index contributed by atoms with van der Waals surface area (Å²) in [7, 11) is 0. The largest absolute Gasteiger partial charge is 0.377 e. The SMILES string of the molecule is O=C=C(/C(=C\N1CCCCC1)c1ccccc1)c1ccccc1. The summed E-state index contributed by atoms with van der Waals surface area (Å²) in [6, 6.07) is 19.9. The predicted octanol–water partition coefficient (Wildman–Crippen LogP) is 4.43. The number of allylic oxidation sites excluding steroid dienone is 2. The van der Waals surface area contributed by atoms with Crippen molar-refractivity contribution in [1.82, 2.24) is 4.90 Å². The van der Waals surface area contributed by atoms with Crippen LogP contribution in [0.25, 0.3) is 11.1 Å². The third-order valence-electron chi connectivity index (χ3n) is 4.22. The minimum Gasteiger partial charge on any atom is -0.377 e. The summed E-state index contributed by atoms with van der Waals surface area (Å²) in [6.07, 6.45) is 5.86. The molecule has 116 valence electrons. The van der Waals surface area contributed by atoms with Gasteiger partial charge in [0.1, 0.15) is 5.94 Å². The maximum absolute atomic E-state index is 11.7. The molecule has 0 aliphatic carbocycles. The number of carbonyl (C=O) groups excluding carboxylic acids is 1. The van der Waals surface area contributed by atoms with Crippen LogP contribution in [0.15, 0.2) is 66.9 Å². The summed E-state index contributed by atoms with van der Waals surface area (Å²) in [4.78, 5) is 14.1. The van der Waals surface area contributed by atoms with E-state index in [-0.39, 0.29) is 0 Å². The van der Waals surface area contributed by atoms with Crippen molar-refractivity contribution in [2.24, 2.45) is 0 Å². The summed E-state index contributed by atoms with van der Waals surface area (Å²) in [5, 5.41) is 0. The van der Waals surface area contributed by atoms with Gasteiger partial charge in [0, 0.05) is 24.9 Å². The number of likely N-dealkylation sites (tertiary alicyclic amines) is 1. The molecule has 2 heteroatoms. The minimum atomic E-state index is 0.627.